The molecule has 5 heteroatoms. The van der Waals surface area contributed by atoms with Gasteiger partial charge in [0, 0.05) is 31.4 Å². The van der Waals surface area contributed by atoms with E-state index in [1.54, 1.807) is 0 Å². The highest BCUT2D eigenvalue weighted by Gasteiger charge is 2.30. The molecule has 1 atom stereocenters. The van der Waals surface area contributed by atoms with Gasteiger partial charge in [0.15, 0.2) is 0 Å². The fourth-order valence-electron chi connectivity index (χ4n) is 3.78. The summed E-state index contributed by atoms with van der Waals surface area (Å²) < 4.78 is 0. The molecule has 2 aliphatic rings. The summed E-state index contributed by atoms with van der Waals surface area (Å²) in [5.74, 6) is 1.04. The van der Waals surface area contributed by atoms with E-state index in [4.69, 9.17) is 16.1 Å². The number of nitrogens with zero attached hydrogens (tertiary/aromatic N) is 3. The van der Waals surface area contributed by atoms with Crippen LogP contribution in [0.5, 0.6) is 0 Å². The molecule has 0 aromatic carbocycles. The lowest BCUT2D eigenvalue weighted by Crippen LogP contribution is -2.38. The summed E-state index contributed by atoms with van der Waals surface area (Å²) in [6.45, 7) is 8.47. The molecule has 1 aromatic rings. The molecule has 2 aliphatic heterocycles. The third kappa shape index (κ3) is 2.75. The van der Waals surface area contributed by atoms with Crippen molar-refractivity contribution in [2.75, 3.05) is 31.1 Å². The van der Waals surface area contributed by atoms with E-state index in [0.29, 0.717) is 6.04 Å². The summed E-state index contributed by atoms with van der Waals surface area (Å²) in [4.78, 5) is 9.68. The van der Waals surface area contributed by atoms with E-state index in [0.717, 1.165) is 42.1 Å². The minimum atomic E-state index is 0.127. The lowest BCUT2D eigenvalue weighted by atomic mass is 10.1. The van der Waals surface area contributed by atoms with Crippen molar-refractivity contribution in [1.29, 1.82) is 5.41 Å². The molecule has 0 aliphatic carbocycles. The Morgan fingerprint density at radius 3 is 2.81 bits per heavy atom. The number of nitrogen functional groups attached to an aromatic ring is 1. The summed E-state index contributed by atoms with van der Waals surface area (Å²) in [5, 5.41) is 7.91. The molecule has 3 heterocycles. The van der Waals surface area contributed by atoms with Crippen LogP contribution in [0, 0.1) is 19.3 Å². The predicted molar refractivity (Wildman–Crippen MR) is 86.2 cm³/mol. The number of amidine groups is 1. The van der Waals surface area contributed by atoms with Crippen LogP contribution in [0.2, 0.25) is 0 Å². The van der Waals surface area contributed by atoms with E-state index >= 15 is 0 Å². The van der Waals surface area contributed by atoms with E-state index in [2.05, 4.69) is 9.80 Å². The molecular formula is C16H25N5. The molecule has 0 spiro atoms. The molecule has 3 N–H and O–H groups in total. The number of nitrogens with two attached hydrogens (primary N) is 1. The number of nitrogens with one attached hydrogen (secondary N) is 1. The van der Waals surface area contributed by atoms with Gasteiger partial charge in [0.25, 0.3) is 0 Å². The molecule has 3 rings (SSSR count). The fourth-order valence-corrected chi connectivity index (χ4v) is 3.78. The highest BCUT2D eigenvalue weighted by molar-refractivity contribution is 6.01. The van der Waals surface area contributed by atoms with Gasteiger partial charge >= 0.3 is 0 Å². The Kier molecular flexibility index (Phi) is 3.85. The van der Waals surface area contributed by atoms with Gasteiger partial charge in [0.05, 0.1) is 5.56 Å². The summed E-state index contributed by atoms with van der Waals surface area (Å²) >= 11 is 0. The van der Waals surface area contributed by atoms with Gasteiger partial charge in [-0.25, -0.2) is 4.98 Å². The van der Waals surface area contributed by atoms with Crippen molar-refractivity contribution >= 4 is 11.7 Å². The van der Waals surface area contributed by atoms with Crippen molar-refractivity contribution in [1.82, 2.24) is 9.88 Å². The highest BCUT2D eigenvalue weighted by atomic mass is 15.3. The van der Waals surface area contributed by atoms with Crippen molar-refractivity contribution in [3.63, 3.8) is 0 Å². The minimum Gasteiger partial charge on any atom is -0.384 e. The molecule has 0 radical (unpaired) electrons. The van der Waals surface area contributed by atoms with Crippen LogP contribution in [0.3, 0.4) is 0 Å². The first-order valence-corrected chi connectivity index (χ1v) is 7.88. The molecule has 0 amide bonds. The quantitative estimate of drug-likeness (QED) is 0.641. The molecular weight excluding hydrogens is 262 g/mol. The number of anilines is 1. The van der Waals surface area contributed by atoms with E-state index in [9.17, 15) is 0 Å². The van der Waals surface area contributed by atoms with Gasteiger partial charge in [0.1, 0.15) is 11.7 Å². The predicted octanol–water partition coefficient (Wildman–Crippen LogP) is 1.66. The Labute approximate surface area is 126 Å². The van der Waals surface area contributed by atoms with Crippen LogP contribution in [0.15, 0.2) is 6.07 Å². The minimum absolute atomic E-state index is 0.127. The average molecular weight is 287 g/mol. The first-order chi connectivity index (χ1) is 10.1. The Morgan fingerprint density at radius 2 is 2.05 bits per heavy atom. The van der Waals surface area contributed by atoms with Crippen molar-refractivity contribution < 1.29 is 0 Å². The molecule has 2 saturated heterocycles. The third-order valence-corrected chi connectivity index (χ3v) is 4.70. The lowest BCUT2D eigenvalue weighted by Gasteiger charge is -2.28. The van der Waals surface area contributed by atoms with Crippen LogP contribution in [0.25, 0.3) is 0 Å². The number of aromatic nitrogens is 1. The Bertz CT molecular complexity index is 554. The first-order valence-electron chi connectivity index (χ1n) is 7.88. The zero-order chi connectivity index (χ0) is 15.0. The van der Waals surface area contributed by atoms with E-state index < -0.39 is 0 Å². The summed E-state index contributed by atoms with van der Waals surface area (Å²) in [7, 11) is 0. The monoisotopic (exact) mass is 287 g/mol. The summed E-state index contributed by atoms with van der Waals surface area (Å²) in [6.07, 6.45) is 3.73. The van der Waals surface area contributed by atoms with Gasteiger partial charge in [-0.05, 0) is 51.3 Å². The number of hydrogen-bond donors (Lipinski definition) is 2. The van der Waals surface area contributed by atoms with Crippen LogP contribution in [-0.2, 0) is 0 Å². The van der Waals surface area contributed by atoms with Gasteiger partial charge in [-0.3, -0.25) is 10.3 Å². The summed E-state index contributed by atoms with van der Waals surface area (Å²) in [5.41, 5.74) is 8.69. The number of rotatable bonds is 2. The standard InChI is InChI=1S/C16H25N5/c1-11-9-12(2)19-16(14(11)15(17)18)21-8-4-7-20-6-3-5-13(20)10-21/h9,13H,3-8,10H2,1-2H3,(H3,17,18). The van der Waals surface area contributed by atoms with Gasteiger partial charge in [-0.2, -0.15) is 0 Å². The van der Waals surface area contributed by atoms with E-state index in [1.807, 2.05) is 19.9 Å². The van der Waals surface area contributed by atoms with Crippen molar-refractivity contribution in [2.45, 2.75) is 39.2 Å². The second kappa shape index (κ2) is 5.64. The second-order valence-electron chi connectivity index (χ2n) is 6.32. The third-order valence-electron chi connectivity index (χ3n) is 4.70. The van der Waals surface area contributed by atoms with Crippen LogP contribution in [-0.4, -0.2) is 47.9 Å². The smallest absolute Gasteiger partial charge is 0.140 e. The SMILES string of the molecule is Cc1cc(C)c(C(=N)N)c(N2CCCN3CCCC3C2)n1. The maximum Gasteiger partial charge on any atom is 0.140 e. The lowest BCUT2D eigenvalue weighted by molar-refractivity contribution is 0.273. The van der Waals surface area contributed by atoms with Crippen LogP contribution in [0.1, 0.15) is 36.1 Å². The molecule has 1 unspecified atom stereocenters. The number of hydrogen-bond acceptors (Lipinski definition) is 4. The maximum atomic E-state index is 7.91. The first kappa shape index (κ1) is 14.3. The molecule has 21 heavy (non-hydrogen) atoms. The average Bonchev–Trinajstić information content (AvgIpc) is 2.74. The van der Waals surface area contributed by atoms with Crippen molar-refractivity contribution in [3.05, 3.63) is 22.9 Å². The van der Waals surface area contributed by atoms with Crippen molar-refractivity contribution in [3.8, 4) is 0 Å². The highest BCUT2D eigenvalue weighted by Crippen LogP contribution is 2.27. The molecule has 2 fully saturated rings. The Morgan fingerprint density at radius 1 is 1.29 bits per heavy atom. The molecule has 1 aromatic heterocycles. The topological polar surface area (TPSA) is 69.2 Å². The van der Waals surface area contributed by atoms with E-state index in [-0.39, 0.29) is 5.84 Å². The zero-order valence-electron chi connectivity index (χ0n) is 13.0. The normalized spacial score (nSPS) is 23.0. The largest absolute Gasteiger partial charge is 0.384 e. The van der Waals surface area contributed by atoms with Gasteiger partial charge in [-0.15, -0.1) is 0 Å². The van der Waals surface area contributed by atoms with Gasteiger partial charge in [0.2, 0.25) is 0 Å². The Balaban J connectivity index is 1.97. The van der Waals surface area contributed by atoms with Gasteiger partial charge in [-0.1, -0.05) is 0 Å². The molecule has 0 bridgehead atoms. The molecule has 0 saturated carbocycles. The van der Waals surface area contributed by atoms with Crippen LogP contribution < -0.4 is 10.6 Å². The molecule has 114 valence electrons. The van der Waals surface area contributed by atoms with Crippen molar-refractivity contribution in [2.24, 2.45) is 5.73 Å². The Hall–Kier alpha value is -1.62. The zero-order valence-corrected chi connectivity index (χ0v) is 13.0. The van der Waals surface area contributed by atoms with Crippen LogP contribution in [0.4, 0.5) is 5.82 Å². The fraction of sp³-hybridized carbons (Fsp3) is 0.625. The molecule has 5 nitrogen and oxygen atoms in total. The second-order valence-corrected chi connectivity index (χ2v) is 6.32. The summed E-state index contributed by atoms with van der Waals surface area (Å²) in [6, 6.07) is 2.65. The van der Waals surface area contributed by atoms with Crippen LogP contribution >= 0.6 is 0 Å². The van der Waals surface area contributed by atoms with E-state index in [1.165, 1.54) is 25.9 Å². The number of pyridine rings is 1. The number of fused-ring (bicyclic) bond motifs is 1. The maximum absolute atomic E-state index is 7.91. The number of aryl methyl sites for hydroxylation is 2. The van der Waals surface area contributed by atoms with Gasteiger partial charge < -0.3 is 10.6 Å².